The monoisotopic (exact) mass is 447 g/mol. The van der Waals surface area contributed by atoms with Gasteiger partial charge in [0.15, 0.2) is 0 Å². The number of halogens is 3. The van der Waals surface area contributed by atoms with Crippen LogP contribution in [0.3, 0.4) is 0 Å². The third-order valence-corrected chi connectivity index (χ3v) is 6.03. The fourth-order valence-corrected chi connectivity index (χ4v) is 4.26. The second-order valence-electron chi connectivity index (χ2n) is 8.46. The van der Waals surface area contributed by atoms with Crippen molar-refractivity contribution in [3.05, 3.63) is 47.2 Å². The Labute approximate surface area is 186 Å². The lowest BCUT2D eigenvalue weighted by Crippen LogP contribution is -2.49. The molecule has 9 heteroatoms. The quantitative estimate of drug-likeness (QED) is 0.716. The first-order chi connectivity index (χ1) is 15.3. The van der Waals surface area contributed by atoms with E-state index < -0.39 is 11.7 Å². The van der Waals surface area contributed by atoms with Crippen LogP contribution in [0.1, 0.15) is 36.1 Å². The molecule has 2 aromatic rings. The topological polar surface area (TPSA) is 52.6 Å². The summed E-state index contributed by atoms with van der Waals surface area (Å²) < 4.78 is 38.8. The number of anilines is 2. The molecule has 4 rings (SSSR count). The van der Waals surface area contributed by atoms with Gasteiger partial charge in [-0.05, 0) is 37.8 Å². The van der Waals surface area contributed by atoms with Crippen molar-refractivity contribution in [2.24, 2.45) is 0 Å². The second-order valence-corrected chi connectivity index (χ2v) is 8.46. The first kappa shape index (κ1) is 22.4. The first-order valence-corrected chi connectivity index (χ1v) is 11.1. The molecule has 0 aliphatic carbocycles. The Hall–Kier alpha value is -2.84. The molecule has 2 aliphatic heterocycles. The Morgan fingerprint density at radius 2 is 1.66 bits per heavy atom. The summed E-state index contributed by atoms with van der Waals surface area (Å²) in [4.78, 5) is 28.2. The summed E-state index contributed by atoms with van der Waals surface area (Å²) in [5, 5.41) is 0. The van der Waals surface area contributed by atoms with Gasteiger partial charge in [0.05, 0.1) is 12.0 Å². The summed E-state index contributed by atoms with van der Waals surface area (Å²) in [6.07, 6.45) is -0.896. The normalized spacial score (nSPS) is 17.6. The molecule has 2 fully saturated rings. The highest BCUT2D eigenvalue weighted by atomic mass is 19.4. The van der Waals surface area contributed by atoms with E-state index in [2.05, 4.69) is 14.8 Å². The summed E-state index contributed by atoms with van der Waals surface area (Å²) in [6, 6.07) is 6.96. The van der Waals surface area contributed by atoms with Crippen LogP contribution in [0.2, 0.25) is 0 Å². The van der Waals surface area contributed by atoms with Gasteiger partial charge in [-0.2, -0.15) is 18.2 Å². The molecule has 3 heterocycles. The molecule has 2 aliphatic rings. The Balaban J connectivity index is 1.37. The number of amides is 1. The van der Waals surface area contributed by atoms with Crippen LogP contribution in [-0.4, -0.2) is 60.0 Å². The fraction of sp³-hybridized carbons (Fsp3) is 0.522. The van der Waals surface area contributed by atoms with E-state index in [-0.39, 0.29) is 12.3 Å². The number of hydrogen-bond acceptors (Lipinski definition) is 5. The molecule has 2 saturated heterocycles. The van der Waals surface area contributed by atoms with Crippen molar-refractivity contribution in [3.63, 3.8) is 0 Å². The van der Waals surface area contributed by atoms with E-state index in [4.69, 9.17) is 4.98 Å². The van der Waals surface area contributed by atoms with Crippen LogP contribution in [0.4, 0.5) is 24.9 Å². The van der Waals surface area contributed by atoms with Crippen molar-refractivity contribution in [1.29, 1.82) is 0 Å². The van der Waals surface area contributed by atoms with Gasteiger partial charge in [-0.3, -0.25) is 4.79 Å². The van der Waals surface area contributed by atoms with Gasteiger partial charge in [0.2, 0.25) is 11.9 Å². The number of piperazine rings is 1. The van der Waals surface area contributed by atoms with Gasteiger partial charge in [0, 0.05) is 51.0 Å². The standard InChI is InChI=1S/C23H28F3N5O/c1-17-14-20(28-22(27-17)31-8-3-2-4-9-31)29-10-12-30(13-11-29)21(32)16-18-6-5-7-19(15-18)23(24,25)26/h5-7,14-15H,2-4,8-13,16H2,1H3. The van der Waals surface area contributed by atoms with Crippen molar-refractivity contribution in [1.82, 2.24) is 14.9 Å². The van der Waals surface area contributed by atoms with E-state index in [0.717, 1.165) is 55.5 Å². The van der Waals surface area contributed by atoms with Crippen molar-refractivity contribution >= 4 is 17.7 Å². The fourth-order valence-electron chi connectivity index (χ4n) is 4.26. The summed E-state index contributed by atoms with van der Waals surface area (Å²) in [5.74, 6) is 1.47. The Bertz CT molecular complexity index is 951. The Kier molecular flexibility index (Phi) is 6.53. The maximum Gasteiger partial charge on any atom is 0.416 e. The molecule has 6 nitrogen and oxygen atoms in total. The Morgan fingerprint density at radius 3 is 2.34 bits per heavy atom. The number of benzene rings is 1. The van der Waals surface area contributed by atoms with Crippen LogP contribution >= 0.6 is 0 Å². The van der Waals surface area contributed by atoms with Crippen molar-refractivity contribution in [3.8, 4) is 0 Å². The predicted molar refractivity (Wildman–Crippen MR) is 117 cm³/mol. The summed E-state index contributed by atoms with van der Waals surface area (Å²) in [5.41, 5.74) is 0.569. The van der Waals surface area contributed by atoms with E-state index in [1.165, 1.54) is 12.5 Å². The molecule has 0 bridgehead atoms. The third-order valence-electron chi connectivity index (χ3n) is 6.03. The van der Waals surface area contributed by atoms with Crippen molar-refractivity contribution < 1.29 is 18.0 Å². The highest BCUT2D eigenvalue weighted by Gasteiger charge is 2.31. The van der Waals surface area contributed by atoms with Crippen molar-refractivity contribution in [2.75, 3.05) is 49.1 Å². The first-order valence-electron chi connectivity index (χ1n) is 11.1. The number of rotatable bonds is 4. The summed E-state index contributed by atoms with van der Waals surface area (Å²) >= 11 is 0. The minimum Gasteiger partial charge on any atom is -0.353 e. The minimum absolute atomic E-state index is 0.0321. The van der Waals surface area contributed by atoms with Gasteiger partial charge in [-0.15, -0.1) is 0 Å². The second kappa shape index (κ2) is 9.34. The number of alkyl halides is 3. The molecule has 0 radical (unpaired) electrons. The van der Waals surface area contributed by atoms with Gasteiger partial charge in [0.25, 0.3) is 0 Å². The highest BCUT2D eigenvalue weighted by Crippen LogP contribution is 2.29. The summed E-state index contributed by atoms with van der Waals surface area (Å²) in [7, 11) is 0. The highest BCUT2D eigenvalue weighted by molar-refractivity contribution is 5.79. The lowest BCUT2D eigenvalue weighted by atomic mass is 10.1. The number of piperidine rings is 1. The molecule has 0 N–H and O–H groups in total. The van der Waals surface area contributed by atoms with E-state index >= 15 is 0 Å². The van der Waals surface area contributed by atoms with Crippen LogP contribution in [0.15, 0.2) is 30.3 Å². The van der Waals surface area contributed by atoms with Crippen LogP contribution in [0, 0.1) is 6.92 Å². The lowest BCUT2D eigenvalue weighted by molar-refractivity contribution is -0.138. The number of aromatic nitrogens is 2. The van der Waals surface area contributed by atoms with Gasteiger partial charge in [-0.25, -0.2) is 4.98 Å². The number of hydrogen-bond donors (Lipinski definition) is 0. The number of nitrogens with zero attached hydrogens (tertiary/aromatic N) is 5. The van der Waals surface area contributed by atoms with E-state index in [0.29, 0.717) is 31.7 Å². The zero-order valence-corrected chi connectivity index (χ0v) is 18.2. The minimum atomic E-state index is -4.41. The molecule has 0 unspecified atom stereocenters. The molecular formula is C23H28F3N5O. The zero-order chi connectivity index (χ0) is 22.7. The van der Waals surface area contributed by atoms with Crippen LogP contribution in [0.5, 0.6) is 0 Å². The molecule has 0 saturated carbocycles. The molecule has 0 spiro atoms. The summed E-state index contributed by atoms with van der Waals surface area (Å²) in [6.45, 7) is 6.20. The smallest absolute Gasteiger partial charge is 0.353 e. The number of aryl methyl sites for hydroxylation is 1. The zero-order valence-electron chi connectivity index (χ0n) is 18.2. The van der Waals surface area contributed by atoms with Crippen LogP contribution < -0.4 is 9.80 Å². The maximum atomic E-state index is 12.9. The van der Waals surface area contributed by atoms with E-state index in [1.54, 1.807) is 11.0 Å². The average Bonchev–Trinajstić information content (AvgIpc) is 2.79. The van der Waals surface area contributed by atoms with Gasteiger partial charge in [0.1, 0.15) is 5.82 Å². The Morgan fingerprint density at radius 1 is 0.938 bits per heavy atom. The molecule has 0 atom stereocenters. The number of carbonyl (C=O) groups is 1. The van der Waals surface area contributed by atoms with Crippen LogP contribution in [-0.2, 0) is 17.4 Å². The third kappa shape index (κ3) is 5.31. The van der Waals surface area contributed by atoms with Crippen LogP contribution in [0.25, 0.3) is 0 Å². The van der Waals surface area contributed by atoms with E-state index in [1.807, 2.05) is 13.0 Å². The molecule has 1 aromatic heterocycles. The largest absolute Gasteiger partial charge is 0.416 e. The lowest BCUT2D eigenvalue weighted by Gasteiger charge is -2.36. The molecule has 1 amide bonds. The molecular weight excluding hydrogens is 419 g/mol. The number of carbonyl (C=O) groups excluding carboxylic acids is 1. The molecule has 32 heavy (non-hydrogen) atoms. The van der Waals surface area contributed by atoms with Gasteiger partial charge < -0.3 is 14.7 Å². The van der Waals surface area contributed by atoms with Crippen molar-refractivity contribution in [2.45, 2.75) is 38.8 Å². The average molecular weight is 448 g/mol. The molecule has 172 valence electrons. The van der Waals surface area contributed by atoms with Gasteiger partial charge >= 0.3 is 6.18 Å². The maximum absolute atomic E-state index is 12.9. The van der Waals surface area contributed by atoms with E-state index in [9.17, 15) is 18.0 Å². The predicted octanol–water partition coefficient (Wildman–Crippen LogP) is 3.69. The van der Waals surface area contributed by atoms with Gasteiger partial charge in [-0.1, -0.05) is 18.2 Å². The molecule has 1 aromatic carbocycles. The SMILES string of the molecule is Cc1cc(N2CCN(C(=O)Cc3cccc(C(F)(F)F)c3)CC2)nc(N2CCCCC2)n1.